The third kappa shape index (κ3) is 1.68. The monoisotopic (exact) mass is 256 g/mol. The second-order valence-corrected chi connectivity index (χ2v) is 5.36. The van der Waals surface area contributed by atoms with E-state index in [9.17, 15) is 14.4 Å². The molecule has 1 aromatic rings. The van der Waals surface area contributed by atoms with Crippen LogP contribution in [0.4, 0.5) is 0 Å². The molecule has 2 aliphatic carbocycles. The van der Waals surface area contributed by atoms with Crippen molar-refractivity contribution in [2.24, 2.45) is 5.92 Å². The Morgan fingerprint density at radius 1 is 1.32 bits per heavy atom. The lowest BCUT2D eigenvalue weighted by Crippen LogP contribution is -2.30. The van der Waals surface area contributed by atoms with Crippen LogP contribution in [0.1, 0.15) is 53.6 Å². The Labute approximate surface area is 112 Å². The highest BCUT2D eigenvalue weighted by Crippen LogP contribution is 2.46. The number of benzene rings is 1. The lowest BCUT2D eigenvalue weighted by molar-refractivity contribution is -0.138. The highest BCUT2D eigenvalue weighted by atomic mass is 16.2. The molecular weight excluding hydrogens is 240 g/mol. The molecule has 2 atom stereocenters. The van der Waals surface area contributed by atoms with Gasteiger partial charge in [-0.3, -0.25) is 14.4 Å². The molecule has 0 saturated carbocycles. The van der Waals surface area contributed by atoms with Gasteiger partial charge in [-0.2, -0.15) is 0 Å². The molecule has 98 valence electrons. The molecule has 0 spiro atoms. The van der Waals surface area contributed by atoms with Crippen LogP contribution in [0.2, 0.25) is 0 Å². The fraction of sp³-hybridized carbons (Fsp3) is 0.438. The molecule has 3 rings (SSSR count). The van der Waals surface area contributed by atoms with E-state index < -0.39 is 17.5 Å². The summed E-state index contributed by atoms with van der Waals surface area (Å²) < 4.78 is 0. The molecule has 0 fully saturated rings. The Balaban J connectivity index is 2.08. The lowest BCUT2D eigenvalue weighted by atomic mass is 9.78. The van der Waals surface area contributed by atoms with Crippen molar-refractivity contribution in [1.82, 2.24) is 0 Å². The molecule has 0 amide bonds. The summed E-state index contributed by atoms with van der Waals surface area (Å²) in [6, 6.07) is 5.71. The largest absolute Gasteiger partial charge is 0.293 e. The van der Waals surface area contributed by atoms with E-state index in [1.165, 1.54) is 5.56 Å². The van der Waals surface area contributed by atoms with Crippen LogP contribution in [0.3, 0.4) is 0 Å². The average Bonchev–Trinajstić information content (AvgIpc) is 2.73. The zero-order valence-corrected chi connectivity index (χ0v) is 10.9. The third-order valence-corrected chi connectivity index (χ3v) is 4.36. The quantitative estimate of drug-likeness (QED) is 0.616. The predicted molar refractivity (Wildman–Crippen MR) is 70.2 cm³/mol. The molecule has 0 N–H and O–H groups in total. The predicted octanol–water partition coefficient (Wildman–Crippen LogP) is 2.47. The summed E-state index contributed by atoms with van der Waals surface area (Å²) in [6.07, 6.45) is 2.97. The van der Waals surface area contributed by atoms with Gasteiger partial charge in [-0.05, 0) is 30.4 Å². The zero-order chi connectivity index (χ0) is 13.6. The van der Waals surface area contributed by atoms with Gasteiger partial charge in [-0.25, -0.2) is 0 Å². The second kappa shape index (κ2) is 4.41. The van der Waals surface area contributed by atoms with Crippen LogP contribution in [-0.4, -0.2) is 17.3 Å². The molecule has 1 aromatic carbocycles. The summed E-state index contributed by atoms with van der Waals surface area (Å²) in [4.78, 5) is 36.3. The van der Waals surface area contributed by atoms with Crippen molar-refractivity contribution in [2.75, 3.05) is 0 Å². The van der Waals surface area contributed by atoms with Gasteiger partial charge in [-0.15, -0.1) is 0 Å². The van der Waals surface area contributed by atoms with Gasteiger partial charge >= 0.3 is 0 Å². The summed E-state index contributed by atoms with van der Waals surface area (Å²) in [5.74, 6) is -1.85. The van der Waals surface area contributed by atoms with E-state index >= 15 is 0 Å². The van der Waals surface area contributed by atoms with Crippen LogP contribution in [0.15, 0.2) is 18.2 Å². The van der Waals surface area contributed by atoms with Gasteiger partial charge in [0.25, 0.3) is 0 Å². The molecule has 19 heavy (non-hydrogen) atoms. The smallest absolute Gasteiger partial charge is 0.209 e. The van der Waals surface area contributed by atoms with Crippen molar-refractivity contribution in [1.29, 1.82) is 0 Å². The molecule has 3 heteroatoms. The summed E-state index contributed by atoms with van der Waals surface area (Å²) in [6.45, 7) is 1.67. The van der Waals surface area contributed by atoms with Crippen molar-refractivity contribution in [2.45, 2.75) is 38.5 Å². The van der Waals surface area contributed by atoms with Crippen LogP contribution >= 0.6 is 0 Å². The first kappa shape index (κ1) is 12.3. The maximum Gasteiger partial charge on any atom is 0.209 e. The van der Waals surface area contributed by atoms with Gasteiger partial charge < -0.3 is 0 Å². The first-order valence-corrected chi connectivity index (χ1v) is 6.88. The summed E-state index contributed by atoms with van der Waals surface area (Å²) in [7, 11) is 0. The Morgan fingerprint density at radius 3 is 2.84 bits per heavy atom. The number of ketones is 3. The number of hydrogen-bond donors (Lipinski definition) is 0. The van der Waals surface area contributed by atoms with Crippen LogP contribution in [0.25, 0.3) is 0 Å². The number of rotatable bonds is 3. The highest BCUT2D eigenvalue weighted by Gasteiger charge is 2.47. The average molecular weight is 256 g/mol. The number of hydrogen-bond acceptors (Lipinski definition) is 3. The van der Waals surface area contributed by atoms with Crippen LogP contribution < -0.4 is 0 Å². The number of carbonyl (C=O) groups is 3. The molecule has 0 aliphatic heterocycles. The molecule has 0 radical (unpaired) electrons. The van der Waals surface area contributed by atoms with Gasteiger partial charge in [0.15, 0.2) is 11.6 Å². The van der Waals surface area contributed by atoms with E-state index in [1.54, 1.807) is 13.0 Å². The van der Waals surface area contributed by atoms with E-state index in [1.807, 2.05) is 12.1 Å². The van der Waals surface area contributed by atoms with E-state index in [-0.39, 0.29) is 18.1 Å². The minimum Gasteiger partial charge on any atom is -0.293 e. The first-order chi connectivity index (χ1) is 9.15. The lowest BCUT2D eigenvalue weighted by Gasteiger charge is -2.24. The Kier molecular flexibility index (Phi) is 2.85. The van der Waals surface area contributed by atoms with Crippen LogP contribution in [-0.2, 0) is 16.0 Å². The Hall–Kier alpha value is -1.77. The summed E-state index contributed by atoms with van der Waals surface area (Å²) >= 11 is 0. The minimum absolute atomic E-state index is 0.0598. The number of carbonyl (C=O) groups excluding carboxylic acids is 3. The maximum atomic E-state index is 12.4. The van der Waals surface area contributed by atoms with E-state index in [2.05, 4.69) is 0 Å². The Bertz CT molecular complexity index is 586. The normalized spacial score (nSPS) is 24.2. The van der Waals surface area contributed by atoms with Gasteiger partial charge in [-0.1, -0.05) is 25.1 Å². The molecule has 2 aliphatic rings. The SMILES string of the molecule is CCC(=O)C(=O)C1C(=O)c2cccc3c2C1CCC3. The fourth-order valence-corrected chi connectivity index (χ4v) is 3.47. The number of Topliss-reactive ketones (excluding diaryl/α,β-unsaturated/α-hetero) is 3. The first-order valence-electron chi connectivity index (χ1n) is 6.88. The van der Waals surface area contributed by atoms with Crippen molar-refractivity contribution >= 4 is 17.3 Å². The second-order valence-electron chi connectivity index (χ2n) is 5.36. The standard InChI is InChI=1S/C16H16O3/c1-2-12(17)16(19)14-10-7-3-5-9-6-4-8-11(13(9)10)15(14)18/h4,6,8,10,14H,2-3,5,7H2,1H3. The topological polar surface area (TPSA) is 51.2 Å². The van der Waals surface area contributed by atoms with Crippen LogP contribution in [0, 0.1) is 5.92 Å². The minimum atomic E-state index is -0.746. The third-order valence-electron chi connectivity index (χ3n) is 4.36. The summed E-state index contributed by atoms with van der Waals surface area (Å²) in [5, 5.41) is 0. The van der Waals surface area contributed by atoms with Crippen molar-refractivity contribution in [3.05, 3.63) is 34.9 Å². The van der Waals surface area contributed by atoms with Crippen molar-refractivity contribution < 1.29 is 14.4 Å². The van der Waals surface area contributed by atoms with Gasteiger partial charge in [0.2, 0.25) is 5.78 Å². The zero-order valence-electron chi connectivity index (χ0n) is 10.9. The van der Waals surface area contributed by atoms with E-state index in [0.717, 1.165) is 24.8 Å². The molecule has 0 heterocycles. The molecule has 0 bridgehead atoms. The highest BCUT2D eigenvalue weighted by molar-refractivity contribution is 6.43. The van der Waals surface area contributed by atoms with Crippen molar-refractivity contribution in [3.63, 3.8) is 0 Å². The fourth-order valence-electron chi connectivity index (χ4n) is 3.47. The molecule has 0 saturated heterocycles. The van der Waals surface area contributed by atoms with Crippen molar-refractivity contribution in [3.8, 4) is 0 Å². The van der Waals surface area contributed by atoms with Gasteiger partial charge in [0, 0.05) is 17.9 Å². The summed E-state index contributed by atoms with van der Waals surface area (Å²) in [5.41, 5.74) is 2.90. The van der Waals surface area contributed by atoms with Gasteiger partial charge in [0.05, 0.1) is 5.92 Å². The maximum absolute atomic E-state index is 12.4. The number of aryl methyl sites for hydroxylation is 1. The molecule has 2 unspecified atom stereocenters. The molecule has 3 nitrogen and oxygen atoms in total. The molecule has 0 aromatic heterocycles. The van der Waals surface area contributed by atoms with E-state index in [0.29, 0.717) is 5.56 Å². The van der Waals surface area contributed by atoms with Crippen LogP contribution in [0.5, 0.6) is 0 Å². The molecular formula is C16H16O3. The van der Waals surface area contributed by atoms with Gasteiger partial charge in [0.1, 0.15) is 0 Å². The van der Waals surface area contributed by atoms with E-state index in [4.69, 9.17) is 0 Å². The Morgan fingerprint density at radius 2 is 2.11 bits per heavy atom.